The minimum atomic E-state index is -0.719. The molecule has 2 aromatic rings. The van der Waals surface area contributed by atoms with E-state index in [1.807, 2.05) is 6.92 Å². The second-order valence-electron chi connectivity index (χ2n) is 8.04. The van der Waals surface area contributed by atoms with Crippen LogP contribution in [0.25, 0.3) is 0 Å². The van der Waals surface area contributed by atoms with Gasteiger partial charge in [-0.05, 0) is 61.9 Å². The van der Waals surface area contributed by atoms with E-state index in [4.69, 9.17) is 14.2 Å². The molecular formula is C26H28N2O8. The fraction of sp³-hybridized carbons (Fsp3) is 0.346. The van der Waals surface area contributed by atoms with Gasteiger partial charge in [-0.15, -0.1) is 0 Å². The van der Waals surface area contributed by atoms with E-state index in [-0.39, 0.29) is 25.5 Å². The Balaban J connectivity index is 1.47. The topological polar surface area (TPSA) is 128 Å². The summed E-state index contributed by atoms with van der Waals surface area (Å²) in [7, 11) is 0. The first kappa shape index (κ1) is 26.4. The number of nitrogens with one attached hydrogen (secondary N) is 1. The lowest BCUT2D eigenvalue weighted by Gasteiger charge is -2.17. The summed E-state index contributed by atoms with van der Waals surface area (Å²) >= 11 is 0. The number of nitrogens with zero attached hydrogens (tertiary/aromatic N) is 1. The van der Waals surface area contributed by atoms with Crippen LogP contribution in [-0.4, -0.2) is 56.1 Å². The van der Waals surface area contributed by atoms with Crippen LogP contribution < -0.4 is 10.2 Å². The van der Waals surface area contributed by atoms with E-state index in [2.05, 4.69) is 5.32 Å². The summed E-state index contributed by atoms with van der Waals surface area (Å²) in [6.45, 7) is 3.78. The molecule has 0 bridgehead atoms. The molecule has 0 spiro atoms. The van der Waals surface area contributed by atoms with Gasteiger partial charge in [-0.1, -0.05) is 6.92 Å². The summed E-state index contributed by atoms with van der Waals surface area (Å²) in [5.41, 5.74) is 1.69. The predicted octanol–water partition coefficient (Wildman–Crippen LogP) is 2.96. The zero-order valence-electron chi connectivity index (χ0n) is 20.2. The quantitative estimate of drug-likeness (QED) is 0.393. The Morgan fingerprint density at radius 1 is 0.889 bits per heavy atom. The van der Waals surface area contributed by atoms with Gasteiger partial charge < -0.3 is 24.4 Å². The highest BCUT2D eigenvalue weighted by Crippen LogP contribution is 2.26. The molecule has 2 amide bonds. The fourth-order valence-electron chi connectivity index (χ4n) is 3.53. The molecule has 10 nitrogen and oxygen atoms in total. The molecule has 0 unspecified atom stereocenters. The Kier molecular flexibility index (Phi) is 9.15. The van der Waals surface area contributed by atoms with Crippen LogP contribution in [0.1, 0.15) is 47.4 Å². The molecule has 190 valence electrons. The van der Waals surface area contributed by atoms with Crippen LogP contribution in [0.4, 0.5) is 11.4 Å². The van der Waals surface area contributed by atoms with Crippen molar-refractivity contribution in [2.24, 2.45) is 5.92 Å². The Labute approximate surface area is 208 Å². The summed E-state index contributed by atoms with van der Waals surface area (Å²) in [5.74, 6) is -3.09. The summed E-state index contributed by atoms with van der Waals surface area (Å²) in [6, 6.07) is 12.5. The molecule has 1 aliphatic heterocycles. The van der Waals surface area contributed by atoms with Crippen molar-refractivity contribution >= 4 is 41.1 Å². The monoisotopic (exact) mass is 496 g/mol. The summed E-state index contributed by atoms with van der Waals surface area (Å²) < 4.78 is 15.1. The predicted molar refractivity (Wildman–Crippen MR) is 129 cm³/mol. The fourth-order valence-corrected chi connectivity index (χ4v) is 3.53. The number of hydrogen-bond acceptors (Lipinski definition) is 8. The van der Waals surface area contributed by atoms with Crippen LogP contribution in [0.15, 0.2) is 48.5 Å². The van der Waals surface area contributed by atoms with E-state index >= 15 is 0 Å². The average Bonchev–Trinajstić information content (AvgIpc) is 3.28. The van der Waals surface area contributed by atoms with E-state index in [1.54, 1.807) is 43.3 Å². The summed E-state index contributed by atoms with van der Waals surface area (Å²) in [6.07, 6.45) is 0.672. The molecule has 1 fully saturated rings. The first-order valence-corrected chi connectivity index (χ1v) is 11.6. The van der Waals surface area contributed by atoms with E-state index in [1.165, 1.54) is 17.0 Å². The molecule has 3 rings (SSSR count). The van der Waals surface area contributed by atoms with Crippen molar-refractivity contribution in [3.63, 3.8) is 0 Å². The molecule has 1 saturated heterocycles. The van der Waals surface area contributed by atoms with Crippen molar-refractivity contribution in [2.75, 3.05) is 36.6 Å². The first-order valence-electron chi connectivity index (χ1n) is 11.6. The van der Waals surface area contributed by atoms with Gasteiger partial charge in [0, 0.05) is 24.3 Å². The zero-order valence-corrected chi connectivity index (χ0v) is 20.2. The minimum Gasteiger partial charge on any atom is -0.462 e. The number of rotatable bonds is 10. The zero-order chi connectivity index (χ0) is 26.1. The molecule has 0 aromatic heterocycles. The molecule has 10 heteroatoms. The lowest BCUT2D eigenvalue weighted by Crippen LogP contribution is -2.28. The maximum atomic E-state index is 12.5. The molecule has 0 radical (unpaired) electrons. The van der Waals surface area contributed by atoms with Gasteiger partial charge in [-0.2, -0.15) is 0 Å². The highest BCUT2D eigenvalue weighted by Gasteiger charge is 2.36. The van der Waals surface area contributed by atoms with E-state index < -0.39 is 36.3 Å². The van der Waals surface area contributed by atoms with Crippen molar-refractivity contribution in [3.05, 3.63) is 59.7 Å². The summed E-state index contributed by atoms with van der Waals surface area (Å²) in [4.78, 5) is 62.1. The number of carbonyl (C=O) groups is 5. The van der Waals surface area contributed by atoms with Crippen molar-refractivity contribution < 1.29 is 38.2 Å². The number of ether oxygens (including phenoxy) is 3. The van der Waals surface area contributed by atoms with Gasteiger partial charge in [0.2, 0.25) is 5.91 Å². The normalized spacial score (nSPS) is 14.8. The van der Waals surface area contributed by atoms with Crippen molar-refractivity contribution in [1.82, 2.24) is 0 Å². The molecule has 0 aliphatic carbocycles. The molecule has 1 N–H and O–H groups in total. The molecule has 2 aromatic carbocycles. The smallest absolute Gasteiger partial charge is 0.338 e. The third-order valence-electron chi connectivity index (χ3n) is 5.34. The second kappa shape index (κ2) is 12.5. The van der Waals surface area contributed by atoms with E-state index in [9.17, 15) is 24.0 Å². The van der Waals surface area contributed by atoms with Crippen molar-refractivity contribution in [2.45, 2.75) is 26.7 Å². The largest absolute Gasteiger partial charge is 0.462 e. The van der Waals surface area contributed by atoms with Gasteiger partial charge in [0.25, 0.3) is 5.91 Å². The van der Waals surface area contributed by atoms with Gasteiger partial charge in [0.15, 0.2) is 6.61 Å². The van der Waals surface area contributed by atoms with Gasteiger partial charge in [0.1, 0.15) is 0 Å². The number of hydrogen-bond donors (Lipinski definition) is 1. The molecule has 1 aliphatic rings. The van der Waals surface area contributed by atoms with Gasteiger partial charge in [-0.25, -0.2) is 9.59 Å². The molecule has 36 heavy (non-hydrogen) atoms. The second-order valence-corrected chi connectivity index (χ2v) is 8.04. The number of esters is 3. The van der Waals surface area contributed by atoms with Crippen LogP contribution in [0.2, 0.25) is 0 Å². The number of anilines is 2. The Morgan fingerprint density at radius 3 is 2.11 bits per heavy atom. The van der Waals surface area contributed by atoms with Gasteiger partial charge in [-0.3, -0.25) is 14.4 Å². The van der Waals surface area contributed by atoms with E-state index in [0.717, 1.165) is 6.42 Å². The van der Waals surface area contributed by atoms with Gasteiger partial charge >= 0.3 is 17.9 Å². The molecule has 1 atom stereocenters. The SMILES string of the molecule is CCCOC(=O)c1ccc(NC(=O)COC(=O)[C@@H]2CC(=O)N(c3ccc(C(=O)OCC)cc3)C2)cc1. The third-order valence-corrected chi connectivity index (χ3v) is 5.34. The Morgan fingerprint density at radius 2 is 1.50 bits per heavy atom. The Hall–Kier alpha value is -4.21. The van der Waals surface area contributed by atoms with Crippen molar-refractivity contribution in [1.29, 1.82) is 0 Å². The van der Waals surface area contributed by atoms with Crippen LogP contribution in [0, 0.1) is 5.92 Å². The highest BCUT2D eigenvalue weighted by atomic mass is 16.5. The minimum absolute atomic E-state index is 0.0460. The maximum absolute atomic E-state index is 12.5. The van der Waals surface area contributed by atoms with E-state index in [0.29, 0.717) is 29.1 Å². The summed E-state index contributed by atoms with van der Waals surface area (Å²) in [5, 5.41) is 2.58. The third kappa shape index (κ3) is 6.91. The Bertz CT molecular complexity index is 1110. The van der Waals surface area contributed by atoms with Crippen LogP contribution in [0.5, 0.6) is 0 Å². The number of benzene rings is 2. The highest BCUT2D eigenvalue weighted by molar-refractivity contribution is 6.00. The lowest BCUT2D eigenvalue weighted by atomic mass is 10.1. The van der Waals surface area contributed by atoms with Gasteiger partial charge in [0.05, 0.1) is 30.3 Å². The molecule has 0 saturated carbocycles. The molecule has 1 heterocycles. The molecular weight excluding hydrogens is 468 g/mol. The average molecular weight is 497 g/mol. The van der Waals surface area contributed by atoms with Crippen LogP contribution in [-0.2, 0) is 28.6 Å². The van der Waals surface area contributed by atoms with Crippen LogP contribution >= 0.6 is 0 Å². The standard InChI is InChI=1S/C26H28N2O8/c1-3-13-35-25(32)17-5-9-20(10-6-17)27-22(29)16-36-26(33)19-14-23(30)28(15-19)21-11-7-18(8-12-21)24(31)34-4-2/h5-12,19H,3-4,13-16H2,1-2H3,(H,27,29)/t19-/m1/s1. The number of amides is 2. The number of carbonyl (C=O) groups excluding carboxylic acids is 5. The maximum Gasteiger partial charge on any atom is 0.338 e. The van der Waals surface area contributed by atoms with Crippen molar-refractivity contribution in [3.8, 4) is 0 Å². The lowest BCUT2D eigenvalue weighted by molar-refractivity contribution is -0.151. The first-order chi connectivity index (χ1) is 17.3. The van der Waals surface area contributed by atoms with Crippen LogP contribution in [0.3, 0.4) is 0 Å².